The molecule has 0 spiro atoms. The lowest BCUT2D eigenvalue weighted by molar-refractivity contribution is 0.784. The maximum atomic E-state index is 13.8. The van der Waals surface area contributed by atoms with Crippen LogP contribution in [0, 0.1) is 0 Å². The lowest BCUT2D eigenvalue weighted by Gasteiger charge is -2.19. The third kappa shape index (κ3) is 3.62. The van der Waals surface area contributed by atoms with Crippen molar-refractivity contribution in [1.29, 1.82) is 0 Å². The highest BCUT2D eigenvalue weighted by molar-refractivity contribution is 6.30. The summed E-state index contributed by atoms with van der Waals surface area (Å²) in [7, 11) is 1.54. The van der Waals surface area contributed by atoms with Gasteiger partial charge in [0.2, 0.25) is 0 Å². The first-order valence-electron chi connectivity index (χ1n) is 10.5. The molecule has 0 unspecified atom stereocenters. The summed E-state index contributed by atoms with van der Waals surface area (Å²) >= 11 is 6.13. The van der Waals surface area contributed by atoms with Gasteiger partial charge in [-0.2, -0.15) is 0 Å². The van der Waals surface area contributed by atoms with Gasteiger partial charge in [-0.05, 0) is 42.5 Å². The molecule has 0 saturated heterocycles. The van der Waals surface area contributed by atoms with Crippen LogP contribution in [0.4, 0.5) is 11.4 Å². The van der Waals surface area contributed by atoms with E-state index in [4.69, 9.17) is 11.6 Å². The van der Waals surface area contributed by atoms with Crippen molar-refractivity contribution in [3.05, 3.63) is 127 Å². The fraction of sp³-hybridized carbons (Fsp3) is 0.0385. The minimum atomic E-state index is -0.579. The molecule has 5 rings (SSSR count). The molecule has 0 aliphatic carbocycles. The van der Waals surface area contributed by atoms with Crippen LogP contribution in [0.3, 0.4) is 0 Å². The Morgan fingerprint density at radius 1 is 0.735 bits per heavy atom. The second-order valence-corrected chi connectivity index (χ2v) is 8.16. The third-order valence-electron chi connectivity index (χ3n) is 5.55. The van der Waals surface area contributed by atoms with Crippen molar-refractivity contribution in [3.63, 3.8) is 0 Å². The molecule has 7 nitrogen and oxygen atoms in total. The van der Waals surface area contributed by atoms with Gasteiger partial charge in [-0.25, -0.2) is 13.9 Å². The number of rotatable bonds is 4. The van der Waals surface area contributed by atoms with Gasteiger partial charge in [-0.15, -0.1) is 0 Å². The molecule has 0 fully saturated rings. The Bertz CT molecular complexity index is 1700. The monoisotopic (exact) mass is 470 g/mol. The van der Waals surface area contributed by atoms with Crippen LogP contribution in [-0.4, -0.2) is 13.7 Å². The van der Waals surface area contributed by atoms with E-state index in [1.165, 1.54) is 15.2 Å². The number of aryl methyl sites for hydroxylation is 1. The standard InChI is InChI=1S/C26H19ClN4O3/c1-29-22(32)16-21(28-18-10-8-9-17(27)15-18)23-24(29)30(19-11-4-2-5-12-19)26(34)31(25(23)33)20-13-6-3-7-14-20/h2-16,28H,1H3. The summed E-state index contributed by atoms with van der Waals surface area (Å²) in [6.45, 7) is 0. The van der Waals surface area contributed by atoms with Crippen molar-refractivity contribution in [2.75, 3.05) is 5.32 Å². The summed E-state index contributed by atoms with van der Waals surface area (Å²) in [5, 5.41) is 3.84. The maximum absolute atomic E-state index is 13.8. The molecule has 1 N–H and O–H groups in total. The first kappa shape index (κ1) is 21.5. The quantitative estimate of drug-likeness (QED) is 0.426. The Balaban J connectivity index is 1.96. The predicted molar refractivity (Wildman–Crippen MR) is 135 cm³/mol. The highest BCUT2D eigenvalue weighted by Crippen LogP contribution is 2.25. The van der Waals surface area contributed by atoms with Crippen LogP contribution in [0.15, 0.2) is 105 Å². The lowest BCUT2D eigenvalue weighted by atomic mass is 10.2. The van der Waals surface area contributed by atoms with E-state index >= 15 is 0 Å². The Morgan fingerprint density at radius 3 is 1.97 bits per heavy atom. The predicted octanol–water partition coefficient (Wildman–Crippen LogP) is 4.24. The minimum Gasteiger partial charge on any atom is -0.355 e. The molecule has 8 heteroatoms. The van der Waals surface area contributed by atoms with Crippen molar-refractivity contribution in [2.24, 2.45) is 7.05 Å². The number of nitrogens with one attached hydrogen (secondary N) is 1. The zero-order chi connectivity index (χ0) is 23.8. The Hall–Kier alpha value is -4.36. The zero-order valence-corrected chi connectivity index (χ0v) is 18.9. The fourth-order valence-corrected chi connectivity index (χ4v) is 4.17. The molecule has 0 radical (unpaired) electrons. The van der Waals surface area contributed by atoms with Gasteiger partial charge < -0.3 is 5.32 Å². The first-order chi connectivity index (χ1) is 16.5. The van der Waals surface area contributed by atoms with Crippen molar-refractivity contribution < 1.29 is 0 Å². The lowest BCUT2D eigenvalue weighted by Crippen LogP contribution is -2.40. The molecule has 2 aromatic heterocycles. The molecule has 0 amide bonds. The summed E-state index contributed by atoms with van der Waals surface area (Å²) < 4.78 is 3.81. The molecule has 0 aliphatic heterocycles. The van der Waals surface area contributed by atoms with Crippen LogP contribution in [0.2, 0.25) is 5.02 Å². The average molecular weight is 471 g/mol. The molecule has 0 atom stereocenters. The molecular formula is C26H19ClN4O3. The number of hydrogen-bond donors (Lipinski definition) is 1. The number of fused-ring (bicyclic) bond motifs is 1. The van der Waals surface area contributed by atoms with Crippen molar-refractivity contribution in [1.82, 2.24) is 13.7 Å². The van der Waals surface area contributed by atoms with Crippen LogP contribution in [0.5, 0.6) is 0 Å². The van der Waals surface area contributed by atoms with Crippen LogP contribution < -0.4 is 22.1 Å². The molecule has 168 valence electrons. The highest BCUT2D eigenvalue weighted by atomic mass is 35.5. The number of pyridine rings is 1. The molecule has 5 aromatic rings. The van der Waals surface area contributed by atoms with E-state index in [0.29, 0.717) is 22.1 Å². The van der Waals surface area contributed by atoms with E-state index in [1.54, 1.807) is 85.9 Å². The summed E-state index contributed by atoms with van der Waals surface area (Å²) in [4.78, 5) is 40.5. The van der Waals surface area contributed by atoms with Crippen molar-refractivity contribution in [3.8, 4) is 11.4 Å². The van der Waals surface area contributed by atoms with E-state index < -0.39 is 11.2 Å². The van der Waals surface area contributed by atoms with Gasteiger partial charge >= 0.3 is 5.69 Å². The number of halogens is 1. The van der Waals surface area contributed by atoms with E-state index in [0.717, 1.165) is 4.57 Å². The summed E-state index contributed by atoms with van der Waals surface area (Å²) in [5.41, 5.74) is 0.514. The van der Waals surface area contributed by atoms with Crippen molar-refractivity contribution in [2.45, 2.75) is 0 Å². The number of hydrogen-bond acceptors (Lipinski definition) is 4. The van der Waals surface area contributed by atoms with E-state index in [2.05, 4.69) is 5.32 Å². The van der Waals surface area contributed by atoms with Crippen LogP contribution in [0.1, 0.15) is 0 Å². The first-order valence-corrected chi connectivity index (χ1v) is 10.9. The summed E-state index contributed by atoms with van der Waals surface area (Å²) in [6.07, 6.45) is 0. The topological polar surface area (TPSA) is 78.0 Å². The van der Waals surface area contributed by atoms with Crippen LogP contribution in [-0.2, 0) is 7.05 Å². The number of anilines is 2. The smallest absolute Gasteiger partial charge is 0.341 e. The molecule has 0 saturated carbocycles. The molecule has 34 heavy (non-hydrogen) atoms. The number of para-hydroxylation sites is 2. The molecule has 0 bridgehead atoms. The number of benzene rings is 3. The molecule has 3 aromatic carbocycles. The molecule has 2 heterocycles. The van der Waals surface area contributed by atoms with Gasteiger partial charge in [0, 0.05) is 23.8 Å². The van der Waals surface area contributed by atoms with Gasteiger partial charge in [0.05, 0.1) is 17.1 Å². The van der Waals surface area contributed by atoms with Crippen LogP contribution in [0.25, 0.3) is 22.4 Å². The van der Waals surface area contributed by atoms with E-state index in [1.807, 2.05) is 6.07 Å². The number of aromatic nitrogens is 3. The van der Waals surface area contributed by atoms with Crippen LogP contribution >= 0.6 is 11.6 Å². The molecular weight excluding hydrogens is 452 g/mol. The SMILES string of the molecule is Cn1c(=O)cc(Nc2cccc(Cl)c2)c2c(=O)n(-c3ccccc3)c(=O)n(-c3ccccc3)c21. The second-order valence-electron chi connectivity index (χ2n) is 7.72. The van der Waals surface area contributed by atoms with Gasteiger partial charge in [-0.1, -0.05) is 54.1 Å². The summed E-state index contributed by atoms with van der Waals surface area (Å²) in [5.74, 6) is 0. The van der Waals surface area contributed by atoms with Crippen molar-refractivity contribution >= 4 is 34.0 Å². The maximum Gasteiger partial charge on any atom is 0.341 e. The highest BCUT2D eigenvalue weighted by Gasteiger charge is 2.21. The fourth-order valence-electron chi connectivity index (χ4n) is 3.98. The minimum absolute atomic E-state index is 0.186. The zero-order valence-electron chi connectivity index (χ0n) is 18.1. The Labute approximate surface area is 198 Å². The Morgan fingerprint density at radius 2 is 1.35 bits per heavy atom. The van der Waals surface area contributed by atoms with E-state index in [-0.39, 0.29) is 22.3 Å². The van der Waals surface area contributed by atoms with Gasteiger partial charge in [0.15, 0.2) is 0 Å². The van der Waals surface area contributed by atoms with Gasteiger partial charge in [-0.3, -0.25) is 14.2 Å². The average Bonchev–Trinajstić information content (AvgIpc) is 2.83. The number of nitrogens with zero attached hydrogens (tertiary/aromatic N) is 3. The Kier molecular flexibility index (Phi) is 5.39. The molecule has 0 aliphatic rings. The second kappa shape index (κ2) is 8.53. The largest absolute Gasteiger partial charge is 0.355 e. The summed E-state index contributed by atoms with van der Waals surface area (Å²) in [6, 6.07) is 25.9. The van der Waals surface area contributed by atoms with Gasteiger partial charge in [0.25, 0.3) is 11.1 Å². The van der Waals surface area contributed by atoms with E-state index in [9.17, 15) is 14.4 Å². The third-order valence-corrected chi connectivity index (χ3v) is 5.79. The normalized spacial score (nSPS) is 11.0. The van der Waals surface area contributed by atoms with Gasteiger partial charge in [0.1, 0.15) is 11.0 Å².